The Morgan fingerprint density at radius 2 is 2.15 bits per heavy atom. The largest absolute Gasteiger partial charge is 0.493 e. The summed E-state index contributed by atoms with van der Waals surface area (Å²) >= 11 is 0. The minimum absolute atomic E-state index is 0.155. The van der Waals surface area contributed by atoms with Crippen molar-refractivity contribution in [2.24, 2.45) is 0 Å². The number of aromatic nitrogens is 2. The summed E-state index contributed by atoms with van der Waals surface area (Å²) < 4.78 is 0. The Balaban J connectivity index is 2.06. The number of benzene rings is 1. The Kier molecular flexibility index (Phi) is 2.78. The van der Waals surface area contributed by atoms with Crippen LogP contribution in [0.15, 0.2) is 30.5 Å². The van der Waals surface area contributed by atoms with E-state index in [0.29, 0.717) is 5.95 Å². The van der Waals surface area contributed by atoms with E-state index in [4.69, 9.17) is 5.11 Å². The van der Waals surface area contributed by atoms with Crippen molar-refractivity contribution >= 4 is 17.6 Å². The maximum absolute atomic E-state index is 10.9. The van der Waals surface area contributed by atoms with E-state index in [0.717, 1.165) is 18.3 Å². The molecule has 6 nitrogen and oxygen atoms in total. The summed E-state index contributed by atoms with van der Waals surface area (Å²) in [6, 6.07) is 8.06. The third kappa shape index (κ3) is 1.85. The average Bonchev–Trinajstić information content (AvgIpc) is 2.73. The Labute approximate surface area is 115 Å². The van der Waals surface area contributed by atoms with Crippen LogP contribution in [0.1, 0.15) is 22.8 Å². The Morgan fingerprint density at radius 3 is 2.85 bits per heavy atom. The fourth-order valence-electron chi connectivity index (χ4n) is 2.50. The van der Waals surface area contributed by atoms with Crippen LogP contribution in [-0.4, -0.2) is 32.2 Å². The predicted molar refractivity (Wildman–Crippen MR) is 72.4 cm³/mol. The second-order valence-corrected chi connectivity index (χ2v) is 4.76. The molecule has 1 aromatic heterocycles. The molecule has 1 atom stereocenters. The van der Waals surface area contributed by atoms with Crippen LogP contribution in [-0.2, 0) is 6.42 Å². The summed E-state index contributed by atoms with van der Waals surface area (Å²) in [5.41, 5.74) is 1.88. The highest BCUT2D eigenvalue weighted by Gasteiger charge is 2.29. The molecule has 1 aliphatic rings. The molecule has 0 radical (unpaired) electrons. The number of carboxylic acids is 1. The number of para-hydroxylation sites is 1. The molecular formula is C14H13N3O3. The summed E-state index contributed by atoms with van der Waals surface area (Å²) in [5.74, 6) is -1.45. The van der Waals surface area contributed by atoms with Gasteiger partial charge in [-0.15, -0.1) is 0 Å². The van der Waals surface area contributed by atoms with Gasteiger partial charge in [0.15, 0.2) is 0 Å². The zero-order valence-corrected chi connectivity index (χ0v) is 10.8. The third-order valence-corrected chi connectivity index (χ3v) is 3.41. The molecule has 20 heavy (non-hydrogen) atoms. The van der Waals surface area contributed by atoms with Crippen molar-refractivity contribution in [1.82, 2.24) is 9.97 Å². The van der Waals surface area contributed by atoms with E-state index < -0.39 is 11.8 Å². The molecule has 3 rings (SSSR count). The van der Waals surface area contributed by atoms with Crippen LogP contribution in [0.5, 0.6) is 5.88 Å². The Bertz CT molecular complexity index is 687. The van der Waals surface area contributed by atoms with Crippen molar-refractivity contribution in [2.45, 2.75) is 19.4 Å². The molecule has 0 fully saturated rings. The first-order chi connectivity index (χ1) is 9.58. The fourth-order valence-corrected chi connectivity index (χ4v) is 2.50. The first-order valence-corrected chi connectivity index (χ1v) is 6.24. The summed E-state index contributed by atoms with van der Waals surface area (Å²) in [6.45, 7) is 2.03. The van der Waals surface area contributed by atoms with Crippen LogP contribution in [0.25, 0.3) is 0 Å². The molecule has 1 aliphatic heterocycles. The summed E-state index contributed by atoms with van der Waals surface area (Å²) in [5, 5.41) is 18.6. The lowest BCUT2D eigenvalue weighted by atomic mass is 10.1. The van der Waals surface area contributed by atoms with Crippen LogP contribution in [0.3, 0.4) is 0 Å². The highest BCUT2D eigenvalue weighted by molar-refractivity contribution is 5.89. The second-order valence-electron chi connectivity index (χ2n) is 4.76. The van der Waals surface area contributed by atoms with Crippen molar-refractivity contribution in [3.8, 4) is 5.88 Å². The number of rotatable bonds is 2. The molecule has 0 amide bonds. The molecule has 2 aromatic rings. The van der Waals surface area contributed by atoms with Gasteiger partial charge in [-0.1, -0.05) is 18.2 Å². The quantitative estimate of drug-likeness (QED) is 0.868. The molecule has 0 aliphatic carbocycles. The van der Waals surface area contributed by atoms with Gasteiger partial charge in [0.1, 0.15) is 5.56 Å². The number of anilines is 2. The van der Waals surface area contributed by atoms with Gasteiger partial charge in [-0.05, 0) is 25.0 Å². The van der Waals surface area contributed by atoms with Crippen molar-refractivity contribution in [3.05, 3.63) is 41.6 Å². The Morgan fingerprint density at radius 1 is 1.40 bits per heavy atom. The number of fused-ring (bicyclic) bond motifs is 1. The van der Waals surface area contributed by atoms with E-state index in [2.05, 4.69) is 9.97 Å². The minimum Gasteiger partial charge on any atom is -0.493 e. The zero-order chi connectivity index (χ0) is 14.3. The maximum Gasteiger partial charge on any atom is 0.342 e. The smallest absolute Gasteiger partial charge is 0.342 e. The molecule has 0 unspecified atom stereocenters. The highest BCUT2D eigenvalue weighted by Crippen LogP contribution is 2.36. The fraction of sp³-hybridized carbons (Fsp3) is 0.214. The molecule has 2 N–H and O–H groups in total. The number of nitrogens with zero attached hydrogens (tertiary/aromatic N) is 3. The van der Waals surface area contributed by atoms with Crippen LogP contribution < -0.4 is 4.90 Å². The molecule has 2 heterocycles. The molecule has 6 heteroatoms. The highest BCUT2D eigenvalue weighted by atomic mass is 16.4. The van der Waals surface area contributed by atoms with Crippen LogP contribution >= 0.6 is 0 Å². The monoisotopic (exact) mass is 271 g/mol. The standard InChI is InChI=1S/C14H13N3O3/c1-8-6-9-4-2-3-5-11(9)17(8)14-15-7-10(13(19)20)12(18)16-14/h2-5,7-8H,6H2,1H3,(H,19,20)(H,15,16,18)/t8-/m0/s1. The van der Waals surface area contributed by atoms with Crippen molar-refractivity contribution in [1.29, 1.82) is 0 Å². The molecule has 102 valence electrons. The van der Waals surface area contributed by atoms with Crippen molar-refractivity contribution in [2.75, 3.05) is 4.90 Å². The first kappa shape index (κ1) is 12.4. The zero-order valence-electron chi connectivity index (χ0n) is 10.8. The lowest BCUT2D eigenvalue weighted by Gasteiger charge is -2.22. The topological polar surface area (TPSA) is 86.6 Å². The van der Waals surface area contributed by atoms with E-state index in [-0.39, 0.29) is 11.6 Å². The number of hydrogen-bond acceptors (Lipinski definition) is 5. The van der Waals surface area contributed by atoms with Gasteiger partial charge in [-0.2, -0.15) is 4.98 Å². The summed E-state index contributed by atoms with van der Waals surface area (Å²) in [6.07, 6.45) is 1.99. The maximum atomic E-state index is 10.9. The van der Waals surface area contributed by atoms with Crippen LogP contribution in [0, 0.1) is 0 Å². The number of hydrogen-bond donors (Lipinski definition) is 2. The van der Waals surface area contributed by atoms with Gasteiger partial charge in [0.05, 0.1) is 6.20 Å². The van der Waals surface area contributed by atoms with E-state index >= 15 is 0 Å². The van der Waals surface area contributed by atoms with E-state index in [9.17, 15) is 9.90 Å². The SMILES string of the molecule is C[C@H]1Cc2ccccc2N1c1ncc(C(=O)O)c(O)n1. The van der Waals surface area contributed by atoms with Gasteiger partial charge in [0.25, 0.3) is 0 Å². The minimum atomic E-state index is -1.25. The van der Waals surface area contributed by atoms with E-state index in [1.54, 1.807) is 0 Å². The van der Waals surface area contributed by atoms with Gasteiger partial charge in [0, 0.05) is 11.7 Å². The number of carbonyl (C=O) groups is 1. The van der Waals surface area contributed by atoms with Gasteiger partial charge in [-0.25, -0.2) is 9.78 Å². The van der Waals surface area contributed by atoms with Gasteiger partial charge < -0.3 is 15.1 Å². The summed E-state index contributed by atoms with van der Waals surface area (Å²) in [4.78, 5) is 20.7. The van der Waals surface area contributed by atoms with Crippen molar-refractivity contribution < 1.29 is 15.0 Å². The van der Waals surface area contributed by atoms with Crippen LogP contribution in [0.4, 0.5) is 11.6 Å². The van der Waals surface area contributed by atoms with Gasteiger partial charge in [-0.3, -0.25) is 0 Å². The molecule has 1 aromatic carbocycles. The van der Waals surface area contributed by atoms with Crippen molar-refractivity contribution in [3.63, 3.8) is 0 Å². The lowest BCUT2D eigenvalue weighted by molar-refractivity contribution is 0.0692. The van der Waals surface area contributed by atoms with Gasteiger partial charge in [0.2, 0.25) is 11.8 Å². The molecular weight excluding hydrogens is 258 g/mol. The van der Waals surface area contributed by atoms with E-state index in [1.807, 2.05) is 36.1 Å². The normalized spacial score (nSPS) is 17.1. The molecule has 0 saturated heterocycles. The molecule has 0 spiro atoms. The average molecular weight is 271 g/mol. The van der Waals surface area contributed by atoms with Gasteiger partial charge >= 0.3 is 5.97 Å². The van der Waals surface area contributed by atoms with E-state index in [1.165, 1.54) is 5.56 Å². The third-order valence-electron chi connectivity index (χ3n) is 3.41. The number of aromatic carboxylic acids is 1. The Hall–Kier alpha value is -2.63. The predicted octanol–water partition coefficient (Wildman–Crippen LogP) is 1.96. The molecule has 0 bridgehead atoms. The number of aromatic hydroxyl groups is 1. The lowest BCUT2D eigenvalue weighted by Crippen LogP contribution is -2.26. The first-order valence-electron chi connectivity index (χ1n) is 6.24. The molecule has 0 saturated carbocycles. The number of carboxylic acid groups (broad SMARTS) is 1. The second kappa shape index (κ2) is 4.48. The summed E-state index contributed by atoms with van der Waals surface area (Å²) in [7, 11) is 0. The van der Waals surface area contributed by atoms with Crippen LogP contribution in [0.2, 0.25) is 0 Å².